The molecule has 0 radical (unpaired) electrons. The standard InChI is InChI=1S/C11H16N3O6P/c1-6-4-14(11(16)13-10(6)12)7-2-3-9(21(17,18)19)20-8(7)5-15/h2-4,7-9,15H,5H2,1H3,(H2,12,13,16)(H2,17,18,19)/t7-,8-,9+/m1/s1. The average molecular weight is 317 g/mol. The van der Waals surface area contributed by atoms with E-state index in [0.717, 1.165) is 0 Å². The highest BCUT2D eigenvalue weighted by Gasteiger charge is 2.37. The lowest BCUT2D eigenvalue weighted by molar-refractivity contribution is -0.0266. The van der Waals surface area contributed by atoms with Gasteiger partial charge in [-0.25, -0.2) is 4.79 Å². The summed E-state index contributed by atoms with van der Waals surface area (Å²) in [6.45, 7) is 1.15. The molecule has 0 aliphatic carbocycles. The van der Waals surface area contributed by atoms with Gasteiger partial charge in [0.15, 0.2) is 5.85 Å². The highest BCUT2D eigenvalue weighted by atomic mass is 31.2. The Hall–Kier alpha value is -1.51. The van der Waals surface area contributed by atoms with Crippen LogP contribution in [0.4, 0.5) is 5.82 Å². The molecule has 0 bridgehead atoms. The molecule has 0 saturated carbocycles. The Labute approximate surface area is 119 Å². The van der Waals surface area contributed by atoms with Crippen LogP contribution in [0.3, 0.4) is 0 Å². The minimum Gasteiger partial charge on any atom is -0.394 e. The Kier molecular flexibility index (Phi) is 4.31. The summed E-state index contributed by atoms with van der Waals surface area (Å²) in [6, 6.07) is -0.725. The van der Waals surface area contributed by atoms with Gasteiger partial charge in [0.2, 0.25) is 0 Å². The van der Waals surface area contributed by atoms with Crippen molar-refractivity contribution in [2.45, 2.75) is 24.9 Å². The lowest BCUT2D eigenvalue weighted by atomic mass is 10.1. The van der Waals surface area contributed by atoms with Crippen molar-refractivity contribution < 1.29 is 24.2 Å². The number of nitrogens with zero attached hydrogens (tertiary/aromatic N) is 2. The van der Waals surface area contributed by atoms with Gasteiger partial charge in [-0.15, -0.1) is 0 Å². The van der Waals surface area contributed by atoms with Crippen LogP contribution in [0.5, 0.6) is 0 Å². The second-order valence-electron chi connectivity index (χ2n) is 4.71. The van der Waals surface area contributed by atoms with Gasteiger partial charge in [-0.1, -0.05) is 6.08 Å². The molecule has 0 fully saturated rings. The number of ether oxygens (including phenoxy) is 1. The van der Waals surface area contributed by atoms with Gasteiger partial charge >= 0.3 is 13.3 Å². The number of aliphatic hydroxyl groups excluding tert-OH is 1. The first-order valence-corrected chi connectivity index (χ1v) is 7.77. The predicted octanol–water partition coefficient (Wildman–Crippen LogP) is -0.874. The van der Waals surface area contributed by atoms with Crippen LogP contribution >= 0.6 is 7.60 Å². The maximum absolute atomic E-state index is 11.9. The fourth-order valence-corrected chi connectivity index (χ4v) is 2.68. The van der Waals surface area contributed by atoms with Crippen LogP contribution in [-0.4, -0.2) is 43.0 Å². The number of aromatic nitrogens is 2. The third-order valence-electron chi connectivity index (χ3n) is 3.17. The van der Waals surface area contributed by atoms with E-state index in [9.17, 15) is 14.5 Å². The summed E-state index contributed by atoms with van der Waals surface area (Å²) in [4.78, 5) is 33.7. The summed E-state index contributed by atoms with van der Waals surface area (Å²) in [6.07, 6.45) is 3.07. The molecular weight excluding hydrogens is 301 g/mol. The molecule has 9 nitrogen and oxygen atoms in total. The second-order valence-corrected chi connectivity index (χ2v) is 6.40. The van der Waals surface area contributed by atoms with Crippen LogP contribution < -0.4 is 11.4 Å². The zero-order valence-corrected chi connectivity index (χ0v) is 12.1. The number of nitrogens with two attached hydrogens (primary N) is 1. The number of hydrogen-bond acceptors (Lipinski definition) is 6. The number of hydrogen-bond donors (Lipinski definition) is 4. The summed E-state index contributed by atoms with van der Waals surface area (Å²) < 4.78 is 17.6. The summed E-state index contributed by atoms with van der Waals surface area (Å²) >= 11 is 0. The smallest absolute Gasteiger partial charge is 0.357 e. The molecule has 1 aliphatic rings. The van der Waals surface area contributed by atoms with Crippen molar-refractivity contribution in [2.75, 3.05) is 12.3 Å². The predicted molar refractivity (Wildman–Crippen MR) is 73.6 cm³/mol. The van der Waals surface area contributed by atoms with Gasteiger partial charge in [-0.2, -0.15) is 4.98 Å². The van der Waals surface area contributed by atoms with Crippen molar-refractivity contribution in [2.24, 2.45) is 0 Å². The molecule has 0 amide bonds. The van der Waals surface area contributed by atoms with Gasteiger partial charge in [0.1, 0.15) is 11.9 Å². The Bertz CT molecular complexity index is 666. The molecule has 0 aromatic carbocycles. The van der Waals surface area contributed by atoms with Crippen LogP contribution in [0.15, 0.2) is 23.1 Å². The third-order valence-corrected chi connectivity index (χ3v) is 4.13. The van der Waals surface area contributed by atoms with Gasteiger partial charge in [0, 0.05) is 11.8 Å². The fraction of sp³-hybridized carbons (Fsp3) is 0.455. The second kappa shape index (κ2) is 5.70. The van der Waals surface area contributed by atoms with Gasteiger partial charge in [0.05, 0.1) is 12.6 Å². The zero-order valence-electron chi connectivity index (χ0n) is 11.2. The van der Waals surface area contributed by atoms with Gasteiger partial charge in [-0.3, -0.25) is 9.13 Å². The minimum absolute atomic E-state index is 0.102. The van der Waals surface area contributed by atoms with Crippen LogP contribution in [0, 0.1) is 6.92 Å². The molecule has 2 heterocycles. The SMILES string of the molecule is Cc1cn([C@@H]2C=C[C@H](P(=O)(O)O)O[C@@H]2CO)c(=O)nc1N. The van der Waals surface area contributed by atoms with Crippen molar-refractivity contribution in [3.05, 3.63) is 34.4 Å². The normalized spacial score (nSPS) is 26.0. The monoisotopic (exact) mass is 317 g/mol. The number of nitrogen functional groups attached to an aromatic ring is 1. The number of aliphatic hydroxyl groups is 1. The fourth-order valence-electron chi connectivity index (χ4n) is 2.04. The van der Waals surface area contributed by atoms with E-state index < -0.39 is 37.9 Å². The minimum atomic E-state index is -4.48. The molecule has 116 valence electrons. The van der Waals surface area contributed by atoms with E-state index in [1.54, 1.807) is 6.92 Å². The highest BCUT2D eigenvalue weighted by molar-refractivity contribution is 7.52. The maximum atomic E-state index is 11.9. The topological polar surface area (TPSA) is 148 Å². The van der Waals surface area contributed by atoms with E-state index in [1.807, 2.05) is 0 Å². The third kappa shape index (κ3) is 3.22. The molecule has 21 heavy (non-hydrogen) atoms. The van der Waals surface area contributed by atoms with E-state index in [0.29, 0.717) is 5.56 Å². The van der Waals surface area contributed by atoms with Crippen molar-refractivity contribution in [3.63, 3.8) is 0 Å². The Morgan fingerprint density at radius 3 is 2.71 bits per heavy atom. The number of rotatable bonds is 3. The molecule has 0 spiro atoms. The first-order chi connectivity index (χ1) is 9.74. The van der Waals surface area contributed by atoms with E-state index in [1.165, 1.54) is 22.9 Å². The summed E-state index contributed by atoms with van der Waals surface area (Å²) in [7, 11) is -4.48. The largest absolute Gasteiger partial charge is 0.394 e. The zero-order chi connectivity index (χ0) is 15.8. The summed E-state index contributed by atoms with van der Waals surface area (Å²) in [5.41, 5.74) is 5.47. The summed E-state index contributed by atoms with van der Waals surface area (Å²) in [5, 5.41) is 9.35. The van der Waals surface area contributed by atoms with Crippen LogP contribution in [-0.2, 0) is 9.30 Å². The lowest BCUT2D eigenvalue weighted by Crippen LogP contribution is -2.40. The van der Waals surface area contributed by atoms with Crippen LogP contribution in [0.2, 0.25) is 0 Å². The Morgan fingerprint density at radius 1 is 1.48 bits per heavy atom. The van der Waals surface area contributed by atoms with E-state index in [-0.39, 0.29) is 5.82 Å². The first kappa shape index (κ1) is 15.9. The van der Waals surface area contributed by atoms with Gasteiger partial charge in [0.25, 0.3) is 0 Å². The average Bonchev–Trinajstić information content (AvgIpc) is 2.41. The molecular formula is C11H16N3O6P. The molecule has 0 unspecified atom stereocenters. The first-order valence-electron chi connectivity index (χ1n) is 6.09. The van der Waals surface area contributed by atoms with E-state index in [4.69, 9.17) is 20.3 Å². The number of anilines is 1. The van der Waals surface area contributed by atoms with Gasteiger partial charge in [-0.05, 0) is 13.0 Å². The van der Waals surface area contributed by atoms with Crippen molar-refractivity contribution >= 4 is 13.4 Å². The maximum Gasteiger partial charge on any atom is 0.357 e. The Balaban J connectivity index is 2.42. The molecule has 0 saturated heterocycles. The number of aryl methyl sites for hydroxylation is 1. The molecule has 2 rings (SSSR count). The van der Waals surface area contributed by atoms with Gasteiger partial charge < -0.3 is 25.4 Å². The van der Waals surface area contributed by atoms with Crippen molar-refractivity contribution in [1.82, 2.24) is 9.55 Å². The quantitative estimate of drug-likeness (QED) is 0.415. The molecule has 1 aliphatic heterocycles. The molecule has 3 atom stereocenters. The molecule has 1 aromatic heterocycles. The molecule has 10 heteroatoms. The lowest BCUT2D eigenvalue weighted by Gasteiger charge is -2.32. The van der Waals surface area contributed by atoms with Crippen LogP contribution in [0.1, 0.15) is 11.6 Å². The van der Waals surface area contributed by atoms with Crippen molar-refractivity contribution in [3.8, 4) is 0 Å². The van der Waals surface area contributed by atoms with E-state index >= 15 is 0 Å². The van der Waals surface area contributed by atoms with Crippen LogP contribution in [0.25, 0.3) is 0 Å². The van der Waals surface area contributed by atoms with E-state index in [2.05, 4.69) is 4.98 Å². The molecule has 1 aromatic rings. The highest BCUT2D eigenvalue weighted by Crippen LogP contribution is 2.45. The molecule has 5 N–H and O–H groups in total. The Morgan fingerprint density at radius 2 is 2.14 bits per heavy atom. The summed E-state index contributed by atoms with van der Waals surface area (Å²) in [5.74, 6) is -1.34. The van der Waals surface area contributed by atoms with Crippen molar-refractivity contribution in [1.29, 1.82) is 0 Å².